The number of aromatic nitrogens is 2. The molecule has 0 spiro atoms. The Morgan fingerprint density at radius 3 is 2.35 bits per heavy atom. The van der Waals surface area contributed by atoms with Crippen LogP contribution in [-0.2, 0) is 11.0 Å². The van der Waals surface area contributed by atoms with Crippen molar-refractivity contribution in [1.29, 1.82) is 0 Å². The number of carbonyl (C=O) groups is 1. The topological polar surface area (TPSA) is 92.9 Å². The minimum atomic E-state index is -4.40. The van der Waals surface area contributed by atoms with Crippen LogP contribution in [0.2, 0.25) is 0 Å². The van der Waals surface area contributed by atoms with Crippen LogP contribution >= 0.6 is 0 Å². The molecule has 6 nitrogen and oxygen atoms in total. The zero-order chi connectivity index (χ0) is 22.2. The van der Waals surface area contributed by atoms with Crippen molar-refractivity contribution in [2.75, 3.05) is 17.2 Å². The SMILES string of the molecule is NC(=O)C1CC(CNc2ncnc(NC(c3ccc(C(F)(F)F)cc3)C3CC3)c2F)C1. The fourth-order valence-electron chi connectivity index (χ4n) is 3.90. The van der Waals surface area contributed by atoms with Crippen molar-refractivity contribution in [2.24, 2.45) is 23.5 Å². The lowest BCUT2D eigenvalue weighted by atomic mass is 9.74. The number of alkyl halides is 3. The molecule has 1 amide bonds. The first-order chi connectivity index (χ1) is 14.7. The lowest BCUT2D eigenvalue weighted by molar-refractivity contribution is -0.137. The van der Waals surface area contributed by atoms with Crippen molar-refractivity contribution in [3.63, 3.8) is 0 Å². The third-order valence-corrected chi connectivity index (χ3v) is 5.97. The van der Waals surface area contributed by atoms with Crippen molar-refractivity contribution in [3.8, 4) is 0 Å². The van der Waals surface area contributed by atoms with Crippen LogP contribution in [0.5, 0.6) is 0 Å². The van der Waals surface area contributed by atoms with Gasteiger partial charge in [-0.05, 0) is 55.2 Å². The van der Waals surface area contributed by atoms with E-state index in [0.717, 1.165) is 25.0 Å². The van der Waals surface area contributed by atoms with Gasteiger partial charge in [-0.2, -0.15) is 17.6 Å². The van der Waals surface area contributed by atoms with Crippen LogP contribution in [0.25, 0.3) is 0 Å². The molecule has 1 heterocycles. The molecule has 1 aromatic heterocycles. The summed E-state index contributed by atoms with van der Waals surface area (Å²) in [6, 6.07) is 4.56. The molecular formula is C21H23F4N5O. The number of rotatable bonds is 8. The van der Waals surface area contributed by atoms with Crippen LogP contribution in [0, 0.1) is 23.6 Å². The third kappa shape index (κ3) is 4.88. The van der Waals surface area contributed by atoms with Crippen LogP contribution in [0.1, 0.15) is 42.9 Å². The Balaban J connectivity index is 1.44. The highest BCUT2D eigenvalue weighted by Crippen LogP contribution is 2.43. The van der Waals surface area contributed by atoms with Gasteiger partial charge < -0.3 is 16.4 Å². The highest BCUT2D eigenvalue weighted by molar-refractivity contribution is 5.77. The van der Waals surface area contributed by atoms with Crippen molar-refractivity contribution < 1.29 is 22.4 Å². The number of carbonyl (C=O) groups excluding carboxylic acids is 1. The molecule has 2 aromatic rings. The normalized spacial score (nSPS) is 21.8. The smallest absolute Gasteiger partial charge is 0.369 e. The summed E-state index contributed by atoms with van der Waals surface area (Å²) in [5.41, 5.74) is 5.19. The molecule has 1 unspecified atom stereocenters. The summed E-state index contributed by atoms with van der Waals surface area (Å²) in [5, 5.41) is 6.01. The molecule has 31 heavy (non-hydrogen) atoms. The quantitative estimate of drug-likeness (QED) is 0.541. The zero-order valence-corrected chi connectivity index (χ0v) is 16.6. The Bertz CT molecular complexity index is 940. The number of amides is 1. The molecule has 166 valence electrons. The largest absolute Gasteiger partial charge is 0.416 e. The van der Waals surface area contributed by atoms with Gasteiger partial charge in [0.1, 0.15) is 6.33 Å². The second kappa shape index (κ2) is 8.32. The van der Waals surface area contributed by atoms with E-state index in [9.17, 15) is 22.4 Å². The number of primary amides is 1. The number of hydrogen-bond acceptors (Lipinski definition) is 5. The van der Waals surface area contributed by atoms with Crippen molar-refractivity contribution in [3.05, 3.63) is 47.5 Å². The van der Waals surface area contributed by atoms with Crippen LogP contribution in [0.4, 0.5) is 29.2 Å². The molecule has 2 aliphatic carbocycles. The highest BCUT2D eigenvalue weighted by atomic mass is 19.4. The van der Waals surface area contributed by atoms with Gasteiger partial charge >= 0.3 is 6.18 Å². The Morgan fingerprint density at radius 2 is 1.77 bits per heavy atom. The fourth-order valence-corrected chi connectivity index (χ4v) is 3.90. The number of hydrogen-bond donors (Lipinski definition) is 3. The van der Waals surface area contributed by atoms with Gasteiger partial charge in [0.2, 0.25) is 11.7 Å². The van der Waals surface area contributed by atoms with E-state index in [2.05, 4.69) is 20.6 Å². The monoisotopic (exact) mass is 437 g/mol. The number of anilines is 2. The summed E-state index contributed by atoms with van der Waals surface area (Å²) in [5.74, 6) is -0.628. The predicted molar refractivity (Wildman–Crippen MR) is 106 cm³/mol. The van der Waals surface area contributed by atoms with Gasteiger partial charge in [-0.3, -0.25) is 4.79 Å². The first-order valence-electron chi connectivity index (χ1n) is 10.2. The van der Waals surface area contributed by atoms with Crippen molar-refractivity contribution in [1.82, 2.24) is 9.97 Å². The summed E-state index contributed by atoms with van der Waals surface area (Å²) < 4.78 is 53.5. The number of nitrogens with zero attached hydrogens (tertiary/aromatic N) is 2. The van der Waals surface area contributed by atoms with E-state index >= 15 is 0 Å². The van der Waals surface area contributed by atoms with E-state index in [1.807, 2.05) is 0 Å². The van der Waals surface area contributed by atoms with Gasteiger partial charge in [-0.25, -0.2) is 9.97 Å². The Kier molecular flexibility index (Phi) is 5.72. The maximum absolute atomic E-state index is 15.0. The summed E-state index contributed by atoms with van der Waals surface area (Å²) in [4.78, 5) is 19.0. The summed E-state index contributed by atoms with van der Waals surface area (Å²) >= 11 is 0. The molecule has 0 aliphatic heterocycles. The summed E-state index contributed by atoms with van der Waals surface area (Å²) in [6.07, 6.45) is -0.0379. The van der Waals surface area contributed by atoms with Crippen LogP contribution < -0.4 is 16.4 Å². The second-order valence-electron chi connectivity index (χ2n) is 8.28. The average molecular weight is 437 g/mol. The molecule has 0 radical (unpaired) electrons. The molecule has 4 rings (SSSR count). The van der Waals surface area contributed by atoms with Gasteiger partial charge in [0.25, 0.3) is 0 Å². The van der Waals surface area contributed by atoms with E-state index in [0.29, 0.717) is 24.9 Å². The maximum atomic E-state index is 15.0. The Hall–Kier alpha value is -2.91. The summed E-state index contributed by atoms with van der Waals surface area (Å²) in [6.45, 7) is 0.460. The predicted octanol–water partition coefficient (Wildman–Crippen LogP) is 4.12. The van der Waals surface area contributed by atoms with Gasteiger partial charge in [0.05, 0.1) is 11.6 Å². The van der Waals surface area contributed by atoms with E-state index in [-0.39, 0.29) is 41.3 Å². The molecule has 0 bridgehead atoms. The zero-order valence-electron chi connectivity index (χ0n) is 16.6. The standard InChI is InChI=1S/C21H23F4N5O/c22-16-19(27-9-11-7-14(8-11)18(26)31)28-10-29-20(16)30-17(12-1-2-12)13-3-5-15(6-4-13)21(23,24)25/h3-6,10-12,14,17H,1-2,7-9H2,(H2,26,31)(H2,27,28,29,30). The first-order valence-corrected chi connectivity index (χ1v) is 10.2. The molecule has 2 aliphatic rings. The molecule has 1 atom stereocenters. The van der Waals surface area contributed by atoms with E-state index in [4.69, 9.17) is 5.73 Å². The third-order valence-electron chi connectivity index (χ3n) is 5.97. The molecular weight excluding hydrogens is 414 g/mol. The van der Waals surface area contributed by atoms with E-state index < -0.39 is 17.6 Å². The Morgan fingerprint density at radius 1 is 1.13 bits per heavy atom. The minimum absolute atomic E-state index is 0.00193. The second-order valence-corrected chi connectivity index (χ2v) is 8.28. The summed E-state index contributed by atoms with van der Waals surface area (Å²) in [7, 11) is 0. The molecule has 0 saturated heterocycles. The van der Waals surface area contributed by atoms with Crippen LogP contribution in [0.3, 0.4) is 0 Å². The molecule has 10 heteroatoms. The lowest BCUT2D eigenvalue weighted by Crippen LogP contribution is -2.38. The average Bonchev–Trinajstić information content (AvgIpc) is 3.51. The van der Waals surface area contributed by atoms with Gasteiger partial charge in [0, 0.05) is 12.5 Å². The van der Waals surface area contributed by atoms with Gasteiger partial charge in [-0.1, -0.05) is 12.1 Å². The van der Waals surface area contributed by atoms with Crippen LogP contribution in [-0.4, -0.2) is 22.4 Å². The van der Waals surface area contributed by atoms with Gasteiger partial charge in [-0.15, -0.1) is 0 Å². The van der Waals surface area contributed by atoms with E-state index in [1.54, 1.807) is 0 Å². The first kappa shape index (κ1) is 21.3. The molecule has 4 N–H and O–H groups in total. The van der Waals surface area contributed by atoms with Crippen LogP contribution in [0.15, 0.2) is 30.6 Å². The molecule has 1 aromatic carbocycles. The van der Waals surface area contributed by atoms with Gasteiger partial charge in [0.15, 0.2) is 11.6 Å². The Labute approximate surface area is 176 Å². The number of halogens is 4. The van der Waals surface area contributed by atoms with E-state index in [1.165, 1.54) is 18.5 Å². The maximum Gasteiger partial charge on any atom is 0.416 e. The van der Waals surface area contributed by atoms with Crippen molar-refractivity contribution in [2.45, 2.75) is 37.9 Å². The molecule has 2 saturated carbocycles. The lowest BCUT2D eigenvalue weighted by Gasteiger charge is -2.33. The number of nitrogens with one attached hydrogen (secondary N) is 2. The molecule has 2 fully saturated rings. The fraction of sp³-hybridized carbons (Fsp3) is 0.476. The van der Waals surface area contributed by atoms with Crippen molar-refractivity contribution >= 4 is 17.5 Å². The number of benzene rings is 1. The highest BCUT2D eigenvalue weighted by Gasteiger charge is 2.35. The number of nitrogens with two attached hydrogens (primary N) is 1. The minimum Gasteiger partial charge on any atom is -0.369 e.